The molecule has 1 fully saturated rings. The van der Waals surface area contributed by atoms with Gasteiger partial charge >= 0.3 is 0 Å². The first-order valence-corrected chi connectivity index (χ1v) is 11.6. The van der Waals surface area contributed by atoms with Crippen LogP contribution in [0.1, 0.15) is 45.2 Å². The maximum atomic E-state index is 13.5. The summed E-state index contributed by atoms with van der Waals surface area (Å²) < 4.78 is 0. The molecular formula is C27H24ClN3O4. The lowest BCUT2D eigenvalue weighted by molar-refractivity contribution is -0.122. The zero-order valence-corrected chi connectivity index (χ0v) is 20.1. The molecular weight excluding hydrogens is 466 g/mol. The number of carbonyl (C=O) groups is 4. The molecule has 4 rings (SSSR count). The van der Waals surface area contributed by atoms with Crippen molar-refractivity contribution in [2.75, 3.05) is 4.90 Å². The van der Waals surface area contributed by atoms with Crippen LogP contribution in [0.3, 0.4) is 0 Å². The third-order valence-electron chi connectivity index (χ3n) is 5.83. The van der Waals surface area contributed by atoms with Gasteiger partial charge in [0.2, 0.25) is 5.91 Å². The van der Waals surface area contributed by atoms with E-state index in [0.29, 0.717) is 10.7 Å². The van der Waals surface area contributed by atoms with E-state index in [0.717, 1.165) is 27.5 Å². The number of hydrazine groups is 1. The van der Waals surface area contributed by atoms with Crippen LogP contribution >= 0.6 is 11.6 Å². The third kappa shape index (κ3) is 5.10. The molecule has 3 aromatic carbocycles. The number of nitrogens with one attached hydrogen (secondary N) is 1. The van der Waals surface area contributed by atoms with Crippen LogP contribution in [0.4, 0.5) is 5.69 Å². The van der Waals surface area contributed by atoms with E-state index >= 15 is 0 Å². The van der Waals surface area contributed by atoms with E-state index in [1.807, 2.05) is 32.0 Å². The summed E-state index contributed by atoms with van der Waals surface area (Å²) in [5.74, 6) is -2.27. The molecule has 0 saturated carbocycles. The van der Waals surface area contributed by atoms with Gasteiger partial charge in [0, 0.05) is 16.1 Å². The van der Waals surface area contributed by atoms with Crippen LogP contribution in [0, 0.1) is 6.92 Å². The minimum Gasteiger partial charge on any atom is -0.274 e. The minimum absolute atomic E-state index is 0.211. The lowest BCUT2D eigenvalue weighted by atomic mass is 10.1. The van der Waals surface area contributed by atoms with E-state index in [9.17, 15) is 19.2 Å². The Kier molecular flexibility index (Phi) is 6.98. The number of rotatable bonds is 5. The molecule has 1 aliphatic heterocycles. The molecule has 0 aromatic heterocycles. The Balaban J connectivity index is 1.68. The summed E-state index contributed by atoms with van der Waals surface area (Å²) in [7, 11) is 0. The third-order valence-corrected chi connectivity index (χ3v) is 6.07. The summed E-state index contributed by atoms with van der Waals surface area (Å²) in [6.45, 7) is 3.84. The van der Waals surface area contributed by atoms with Gasteiger partial charge in [0.05, 0.1) is 12.1 Å². The van der Waals surface area contributed by atoms with Crippen molar-refractivity contribution >= 4 is 40.9 Å². The van der Waals surface area contributed by atoms with E-state index in [1.54, 1.807) is 48.5 Å². The largest absolute Gasteiger partial charge is 0.274 e. The van der Waals surface area contributed by atoms with Crippen molar-refractivity contribution in [3.63, 3.8) is 0 Å². The van der Waals surface area contributed by atoms with Crippen LogP contribution in [0.2, 0.25) is 5.02 Å². The van der Waals surface area contributed by atoms with Gasteiger partial charge in [-0.3, -0.25) is 24.6 Å². The summed E-state index contributed by atoms with van der Waals surface area (Å²) in [5, 5.41) is 1.31. The van der Waals surface area contributed by atoms with E-state index in [1.165, 1.54) is 6.07 Å². The van der Waals surface area contributed by atoms with Crippen molar-refractivity contribution in [1.82, 2.24) is 10.4 Å². The molecule has 8 heteroatoms. The molecule has 1 atom stereocenters. The average Bonchev–Trinajstić information content (AvgIpc) is 3.15. The van der Waals surface area contributed by atoms with E-state index in [-0.39, 0.29) is 17.5 Å². The average molecular weight is 490 g/mol. The molecule has 1 unspecified atom stereocenters. The molecule has 4 amide bonds. The van der Waals surface area contributed by atoms with Crippen molar-refractivity contribution < 1.29 is 19.2 Å². The van der Waals surface area contributed by atoms with E-state index in [2.05, 4.69) is 5.43 Å². The number of hydrogen-bond acceptors (Lipinski definition) is 4. The zero-order chi connectivity index (χ0) is 25.1. The van der Waals surface area contributed by atoms with Gasteiger partial charge in [-0.25, -0.2) is 9.91 Å². The molecule has 0 bridgehead atoms. The predicted molar refractivity (Wildman–Crippen MR) is 133 cm³/mol. The Hall–Kier alpha value is -3.97. The lowest BCUT2D eigenvalue weighted by Crippen LogP contribution is -2.54. The molecule has 1 heterocycles. The van der Waals surface area contributed by atoms with Gasteiger partial charge in [0.25, 0.3) is 17.7 Å². The number of carbonyl (C=O) groups excluding carboxylic acids is 4. The topological polar surface area (TPSA) is 86.8 Å². The smallest absolute Gasteiger partial charge is 0.273 e. The van der Waals surface area contributed by atoms with Crippen molar-refractivity contribution in [2.24, 2.45) is 0 Å². The molecule has 1 aliphatic rings. The highest BCUT2D eigenvalue weighted by Crippen LogP contribution is 2.27. The van der Waals surface area contributed by atoms with Crippen molar-refractivity contribution in [3.05, 3.63) is 100 Å². The highest BCUT2D eigenvalue weighted by Gasteiger charge is 2.45. The Morgan fingerprint density at radius 2 is 1.69 bits per heavy atom. The molecule has 7 nitrogen and oxygen atoms in total. The second kappa shape index (κ2) is 10.1. The summed E-state index contributed by atoms with van der Waals surface area (Å²) in [6, 6.07) is 18.9. The number of anilines is 1. The van der Waals surface area contributed by atoms with Crippen molar-refractivity contribution in [2.45, 2.75) is 32.7 Å². The SMILES string of the molecule is CCc1ccc(N2C(=O)CC(N(NC(=O)c3cccc(Cl)c3)C(=O)c3cccc(C)c3)C2=O)cc1. The maximum Gasteiger partial charge on any atom is 0.273 e. The van der Waals surface area contributed by atoms with Crippen LogP contribution in [0.5, 0.6) is 0 Å². The Morgan fingerprint density at radius 1 is 1.00 bits per heavy atom. The van der Waals surface area contributed by atoms with Gasteiger partial charge < -0.3 is 0 Å². The fourth-order valence-electron chi connectivity index (χ4n) is 3.96. The van der Waals surface area contributed by atoms with Gasteiger partial charge in [-0.2, -0.15) is 0 Å². The molecule has 0 aliphatic carbocycles. The van der Waals surface area contributed by atoms with Crippen LogP contribution in [-0.2, 0) is 16.0 Å². The predicted octanol–water partition coefficient (Wildman–Crippen LogP) is 4.33. The van der Waals surface area contributed by atoms with Crippen molar-refractivity contribution in [3.8, 4) is 0 Å². The highest BCUT2D eigenvalue weighted by atomic mass is 35.5. The van der Waals surface area contributed by atoms with Gasteiger partial charge in [-0.15, -0.1) is 0 Å². The number of amides is 4. The number of benzene rings is 3. The van der Waals surface area contributed by atoms with E-state index in [4.69, 9.17) is 11.6 Å². The highest BCUT2D eigenvalue weighted by molar-refractivity contribution is 6.31. The fourth-order valence-corrected chi connectivity index (χ4v) is 4.15. The van der Waals surface area contributed by atoms with Gasteiger partial charge in [0.15, 0.2) is 0 Å². The van der Waals surface area contributed by atoms with Crippen LogP contribution in [-0.4, -0.2) is 34.7 Å². The summed E-state index contributed by atoms with van der Waals surface area (Å²) >= 11 is 6.01. The lowest BCUT2D eigenvalue weighted by Gasteiger charge is -2.28. The summed E-state index contributed by atoms with van der Waals surface area (Å²) in [4.78, 5) is 53.9. The normalized spacial score (nSPS) is 15.3. The summed E-state index contributed by atoms with van der Waals surface area (Å²) in [6.07, 6.45) is 0.556. The molecule has 178 valence electrons. The first-order valence-electron chi connectivity index (χ1n) is 11.2. The Labute approximate surface area is 208 Å². The quantitative estimate of drug-likeness (QED) is 0.427. The first-order chi connectivity index (χ1) is 16.8. The molecule has 0 radical (unpaired) electrons. The van der Waals surface area contributed by atoms with Crippen LogP contribution in [0.25, 0.3) is 0 Å². The minimum atomic E-state index is -1.20. The van der Waals surface area contributed by atoms with Gasteiger partial charge in [-0.1, -0.05) is 54.4 Å². The molecule has 0 spiro atoms. The standard InChI is InChI=1S/C27H24ClN3O4/c1-3-18-10-12-22(13-11-18)30-24(32)16-23(27(30)35)31(26(34)20-8-4-6-17(2)14-20)29-25(33)19-7-5-9-21(28)15-19/h4-15,23H,3,16H2,1-2H3,(H,29,33). The molecule has 1 N–H and O–H groups in total. The number of hydrogen-bond donors (Lipinski definition) is 1. The Bertz CT molecular complexity index is 1310. The van der Waals surface area contributed by atoms with Crippen LogP contribution in [0.15, 0.2) is 72.8 Å². The zero-order valence-electron chi connectivity index (χ0n) is 19.3. The number of nitrogens with zero attached hydrogens (tertiary/aromatic N) is 2. The monoisotopic (exact) mass is 489 g/mol. The first kappa shape index (κ1) is 24.2. The molecule has 3 aromatic rings. The van der Waals surface area contributed by atoms with Gasteiger partial charge in [-0.05, 0) is 61.4 Å². The van der Waals surface area contributed by atoms with Crippen molar-refractivity contribution in [1.29, 1.82) is 0 Å². The molecule has 1 saturated heterocycles. The summed E-state index contributed by atoms with van der Waals surface area (Å²) in [5.41, 5.74) is 5.36. The van der Waals surface area contributed by atoms with E-state index < -0.39 is 29.7 Å². The molecule has 35 heavy (non-hydrogen) atoms. The van der Waals surface area contributed by atoms with Gasteiger partial charge in [0.1, 0.15) is 6.04 Å². The Morgan fingerprint density at radius 3 is 2.34 bits per heavy atom. The second-order valence-corrected chi connectivity index (χ2v) is 8.74. The number of halogens is 1. The fraction of sp³-hybridized carbons (Fsp3) is 0.185. The second-order valence-electron chi connectivity index (χ2n) is 8.30. The number of aryl methyl sites for hydroxylation is 2. The number of imide groups is 1. The maximum absolute atomic E-state index is 13.5. The van der Waals surface area contributed by atoms with Crippen LogP contribution < -0.4 is 10.3 Å².